The van der Waals surface area contributed by atoms with Gasteiger partial charge in [-0.05, 0) is 72.3 Å². The third kappa shape index (κ3) is 6.70. The molecule has 4 amide bonds. The number of benzene rings is 2. The number of hydrogen-bond donors (Lipinski definition) is 4. The topological polar surface area (TPSA) is 138 Å². The molecule has 0 saturated carbocycles. The second-order valence-electron chi connectivity index (χ2n) is 8.40. The summed E-state index contributed by atoms with van der Waals surface area (Å²) in [6.07, 6.45) is 2.27. The van der Waals surface area contributed by atoms with Crippen LogP contribution >= 0.6 is 23.2 Å². The van der Waals surface area contributed by atoms with Gasteiger partial charge in [-0.15, -0.1) is 0 Å². The van der Waals surface area contributed by atoms with Gasteiger partial charge in [-0.3, -0.25) is 9.59 Å². The molecule has 1 aliphatic rings. The van der Waals surface area contributed by atoms with Crippen molar-refractivity contribution in [1.82, 2.24) is 19.9 Å². The predicted molar refractivity (Wildman–Crippen MR) is 147 cm³/mol. The zero-order valence-electron chi connectivity index (χ0n) is 21.1. The van der Waals surface area contributed by atoms with Gasteiger partial charge in [-0.2, -0.15) is 0 Å². The number of anilines is 1. The maximum absolute atomic E-state index is 13.6. The average molecular weight is 598 g/mol. The largest absolute Gasteiger partial charge is 0.346 e. The molecule has 1 atom stereocenters. The zero-order valence-corrected chi connectivity index (χ0v) is 23.5. The number of urea groups is 1. The second kappa shape index (κ2) is 12.5. The highest BCUT2D eigenvalue weighted by Gasteiger charge is 2.36. The summed E-state index contributed by atoms with van der Waals surface area (Å²) in [6, 6.07) is 9.26. The molecule has 0 saturated heterocycles. The molecule has 14 heteroatoms. The number of nitrogens with one attached hydrogen (secondary N) is 4. The SMILES string of the molecule is CNC(=O)Cl.CNC(=O)NC1CCc2c1cn(S(=O)(=O)c1ccccc1C)c2C(=O)Nc1ccc(F)c(Cl)c1. The Labute approximate surface area is 234 Å². The number of fused-ring (bicyclic) bond motifs is 1. The molecule has 10 nitrogen and oxygen atoms in total. The summed E-state index contributed by atoms with van der Waals surface area (Å²) in [6.45, 7) is 1.67. The molecule has 1 heterocycles. The van der Waals surface area contributed by atoms with E-state index in [2.05, 4.69) is 21.3 Å². The van der Waals surface area contributed by atoms with Gasteiger partial charge < -0.3 is 21.3 Å². The minimum atomic E-state index is -4.15. The molecule has 0 bridgehead atoms. The molecule has 1 aromatic heterocycles. The second-order valence-corrected chi connectivity index (χ2v) is 10.9. The Balaban J connectivity index is 0.000000771. The first-order valence-electron chi connectivity index (χ1n) is 11.6. The Morgan fingerprint density at radius 3 is 2.33 bits per heavy atom. The van der Waals surface area contributed by atoms with Gasteiger partial charge in [-0.1, -0.05) is 29.8 Å². The van der Waals surface area contributed by atoms with Gasteiger partial charge in [0.15, 0.2) is 0 Å². The number of hydrogen-bond acceptors (Lipinski definition) is 5. The van der Waals surface area contributed by atoms with E-state index in [1.54, 1.807) is 25.1 Å². The number of halogens is 3. The van der Waals surface area contributed by atoms with Crippen LogP contribution in [0.3, 0.4) is 0 Å². The van der Waals surface area contributed by atoms with Crippen LogP contribution in [0.15, 0.2) is 53.6 Å². The van der Waals surface area contributed by atoms with Crippen molar-refractivity contribution in [3.8, 4) is 0 Å². The van der Waals surface area contributed by atoms with Crippen LogP contribution in [-0.4, -0.2) is 43.8 Å². The van der Waals surface area contributed by atoms with Crippen molar-refractivity contribution < 1.29 is 27.2 Å². The third-order valence-corrected chi connectivity index (χ3v) is 8.22. The number of amides is 4. The van der Waals surface area contributed by atoms with E-state index in [9.17, 15) is 27.2 Å². The normalized spacial score (nSPS) is 13.9. The highest BCUT2D eigenvalue weighted by atomic mass is 35.5. The Bertz CT molecular complexity index is 1530. The Morgan fingerprint density at radius 2 is 1.74 bits per heavy atom. The molecular weight excluding hydrogens is 572 g/mol. The van der Waals surface area contributed by atoms with E-state index in [4.69, 9.17) is 23.2 Å². The van der Waals surface area contributed by atoms with Crippen molar-refractivity contribution in [2.24, 2.45) is 0 Å². The Morgan fingerprint density at radius 1 is 1.08 bits per heavy atom. The van der Waals surface area contributed by atoms with Crippen molar-refractivity contribution in [1.29, 1.82) is 0 Å². The van der Waals surface area contributed by atoms with Crippen LogP contribution in [0.25, 0.3) is 0 Å². The van der Waals surface area contributed by atoms with Gasteiger partial charge in [0.25, 0.3) is 15.9 Å². The summed E-state index contributed by atoms with van der Waals surface area (Å²) in [5, 5.41) is 9.32. The molecular formula is C25H26Cl2FN5O5S. The molecule has 0 spiro atoms. The quantitative estimate of drug-likeness (QED) is 0.252. The fourth-order valence-corrected chi connectivity index (χ4v) is 5.87. The molecule has 1 aliphatic carbocycles. The highest BCUT2D eigenvalue weighted by molar-refractivity contribution is 7.90. The lowest BCUT2D eigenvalue weighted by atomic mass is 10.1. The third-order valence-electron chi connectivity index (χ3n) is 5.92. The summed E-state index contributed by atoms with van der Waals surface area (Å²) in [7, 11) is -1.20. The maximum atomic E-state index is 13.6. The molecule has 1 unspecified atom stereocenters. The smallest absolute Gasteiger partial charge is 0.315 e. The molecule has 0 radical (unpaired) electrons. The van der Waals surface area contributed by atoms with Crippen LogP contribution in [-0.2, 0) is 16.4 Å². The van der Waals surface area contributed by atoms with E-state index in [1.807, 2.05) is 0 Å². The van der Waals surface area contributed by atoms with Gasteiger partial charge in [0, 0.05) is 26.0 Å². The van der Waals surface area contributed by atoms with E-state index in [0.29, 0.717) is 29.5 Å². The van der Waals surface area contributed by atoms with Crippen molar-refractivity contribution >= 4 is 56.2 Å². The minimum Gasteiger partial charge on any atom is -0.346 e. The number of rotatable bonds is 5. The maximum Gasteiger partial charge on any atom is 0.315 e. The molecule has 39 heavy (non-hydrogen) atoms. The average Bonchev–Trinajstić information content (AvgIpc) is 3.47. The summed E-state index contributed by atoms with van der Waals surface area (Å²) >= 11 is 10.5. The van der Waals surface area contributed by atoms with Gasteiger partial charge >= 0.3 is 11.4 Å². The number of carbonyl (C=O) groups is 3. The Hall–Kier alpha value is -3.61. The highest BCUT2D eigenvalue weighted by Crippen LogP contribution is 2.37. The first-order valence-corrected chi connectivity index (χ1v) is 13.8. The van der Waals surface area contributed by atoms with Crippen molar-refractivity contribution in [3.63, 3.8) is 0 Å². The summed E-state index contributed by atoms with van der Waals surface area (Å²) in [5.74, 6) is -1.34. The predicted octanol–water partition coefficient (Wildman–Crippen LogP) is 4.56. The number of aromatic nitrogens is 1. The van der Waals surface area contributed by atoms with E-state index < -0.39 is 39.2 Å². The lowest BCUT2D eigenvalue weighted by Gasteiger charge is -2.15. The monoisotopic (exact) mass is 597 g/mol. The molecule has 4 rings (SSSR count). The molecule has 0 fully saturated rings. The van der Waals surface area contributed by atoms with Gasteiger partial charge in [0.05, 0.1) is 16.0 Å². The van der Waals surface area contributed by atoms with Crippen molar-refractivity contribution in [2.75, 3.05) is 19.4 Å². The molecule has 4 N–H and O–H groups in total. The number of nitrogens with zero attached hydrogens (tertiary/aromatic N) is 1. The van der Waals surface area contributed by atoms with Gasteiger partial charge in [0.1, 0.15) is 11.5 Å². The van der Waals surface area contributed by atoms with E-state index in [1.165, 1.54) is 38.5 Å². The first-order chi connectivity index (χ1) is 18.4. The fourth-order valence-electron chi connectivity index (χ4n) is 4.07. The molecule has 208 valence electrons. The van der Waals surface area contributed by atoms with Crippen molar-refractivity contribution in [3.05, 3.63) is 81.9 Å². The van der Waals surface area contributed by atoms with E-state index in [-0.39, 0.29) is 21.3 Å². The minimum absolute atomic E-state index is 0.0540. The van der Waals surface area contributed by atoms with E-state index in [0.717, 1.165) is 10.0 Å². The van der Waals surface area contributed by atoms with E-state index >= 15 is 0 Å². The standard InChI is InChI=1S/C23H22ClFN4O4S.C2H4ClNO/c1-13-5-3-4-6-20(13)34(32,33)29-12-16-15(8-10-19(16)28-23(31)26-2)21(29)22(30)27-14-7-9-18(25)17(24)11-14;1-4-2(3)5/h3-7,9,11-12,19H,8,10H2,1-2H3,(H,27,30)(H2,26,28,31);1H3,(H,4,5). The molecule has 3 aromatic rings. The van der Waals surface area contributed by atoms with Crippen LogP contribution in [0, 0.1) is 12.7 Å². The molecule has 2 aromatic carbocycles. The summed E-state index contributed by atoms with van der Waals surface area (Å²) in [4.78, 5) is 34.8. The lowest BCUT2D eigenvalue weighted by molar-refractivity contribution is 0.102. The van der Waals surface area contributed by atoms with Crippen LogP contribution in [0.2, 0.25) is 5.02 Å². The van der Waals surface area contributed by atoms with Crippen LogP contribution in [0.5, 0.6) is 0 Å². The molecule has 0 aliphatic heterocycles. The van der Waals surface area contributed by atoms with Crippen LogP contribution < -0.4 is 21.3 Å². The van der Waals surface area contributed by atoms with Crippen molar-refractivity contribution in [2.45, 2.75) is 30.7 Å². The van der Waals surface area contributed by atoms with Gasteiger partial charge in [-0.25, -0.2) is 21.6 Å². The summed E-state index contributed by atoms with van der Waals surface area (Å²) < 4.78 is 41.8. The van der Waals surface area contributed by atoms with Crippen LogP contribution in [0.4, 0.5) is 19.7 Å². The first kappa shape index (κ1) is 29.9. The Kier molecular flexibility index (Phi) is 9.59. The fraction of sp³-hybridized carbons (Fsp3) is 0.240. The van der Waals surface area contributed by atoms with Gasteiger partial charge in [0.2, 0.25) is 0 Å². The zero-order chi connectivity index (χ0) is 28.9. The lowest BCUT2D eigenvalue weighted by Crippen LogP contribution is -2.34. The number of aryl methyl sites for hydroxylation is 1. The number of carbonyl (C=O) groups excluding carboxylic acids is 3. The van der Waals surface area contributed by atoms with Crippen LogP contribution in [0.1, 0.15) is 39.6 Å². The summed E-state index contributed by atoms with van der Waals surface area (Å²) in [5.41, 5.74) is 1.73.